The molecule has 106 valence electrons. The molecule has 0 saturated carbocycles. The van der Waals surface area contributed by atoms with Gasteiger partial charge in [0.25, 0.3) is 0 Å². The molecule has 3 aromatic rings. The standard InChI is InChI=1S/C16H12BrClN2O/c1-9-6-10(17)2-5-14(9)19-8-13-12-4-3-11(18)7-15(12)20-16(13)21/h2-8,20-21H,1H3. The fourth-order valence-corrected chi connectivity index (χ4v) is 2.85. The minimum absolute atomic E-state index is 0.0887. The fourth-order valence-electron chi connectivity index (χ4n) is 2.21. The first-order valence-electron chi connectivity index (χ1n) is 6.35. The Balaban J connectivity index is 2.05. The lowest BCUT2D eigenvalue weighted by Crippen LogP contribution is -1.81. The summed E-state index contributed by atoms with van der Waals surface area (Å²) < 4.78 is 1.02. The van der Waals surface area contributed by atoms with Crippen molar-refractivity contribution in [3.8, 4) is 5.88 Å². The molecule has 3 nitrogen and oxygen atoms in total. The first kappa shape index (κ1) is 14.2. The lowest BCUT2D eigenvalue weighted by Gasteiger charge is -2.00. The summed E-state index contributed by atoms with van der Waals surface area (Å²) in [4.78, 5) is 7.36. The maximum atomic E-state index is 10.0. The van der Waals surface area contributed by atoms with Crippen molar-refractivity contribution in [1.82, 2.24) is 4.98 Å². The van der Waals surface area contributed by atoms with Gasteiger partial charge in [-0.1, -0.05) is 33.6 Å². The van der Waals surface area contributed by atoms with E-state index >= 15 is 0 Å². The highest BCUT2D eigenvalue weighted by molar-refractivity contribution is 9.10. The molecule has 0 aliphatic rings. The van der Waals surface area contributed by atoms with Crippen LogP contribution in [0.3, 0.4) is 0 Å². The van der Waals surface area contributed by atoms with Crippen LogP contribution in [-0.2, 0) is 0 Å². The van der Waals surface area contributed by atoms with Gasteiger partial charge in [0.15, 0.2) is 5.88 Å². The SMILES string of the molecule is Cc1cc(Br)ccc1N=Cc1c(O)[nH]c2cc(Cl)ccc12. The number of aryl methyl sites for hydroxylation is 1. The highest BCUT2D eigenvalue weighted by atomic mass is 79.9. The van der Waals surface area contributed by atoms with Crippen LogP contribution in [0.15, 0.2) is 45.9 Å². The predicted molar refractivity (Wildman–Crippen MR) is 91.1 cm³/mol. The average molecular weight is 364 g/mol. The first-order chi connectivity index (χ1) is 10.0. The Kier molecular flexibility index (Phi) is 3.74. The number of nitrogens with zero attached hydrogens (tertiary/aromatic N) is 1. The number of aliphatic imine (C=N–C) groups is 1. The number of nitrogens with one attached hydrogen (secondary N) is 1. The quantitative estimate of drug-likeness (QED) is 0.592. The number of rotatable bonds is 2. The zero-order chi connectivity index (χ0) is 15.0. The molecule has 1 heterocycles. The topological polar surface area (TPSA) is 48.4 Å². The molecular weight excluding hydrogens is 352 g/mol. The summed E-state index contributed by atoms with van der Waals surface area (Å²) in [6.07, 6.45) is 1.66. The Labute approximate surface area is 135 Å². The number of benzene rings is 2. The van der Waals surface area contributed by atoms with Gasteiger partial charge in [-0.2, -0.15) is 0 Å². The number of fused-ring (bicyclic) bond motifs is 1. The highest BCUT2D eigenvalue weighted by Crippen LogP contribution is 2.29. The lowest BCUT2D eigenvalue weighted by atomic mass is 10.2. The van der Waals surface area contributed by atoms with E-state index in [4.69, 9.17) is 11.6 Å². The number of aromatic amines is 1. The molecule has 0 bridgehead atoms. The van der Waals surface area contributed by atoms with Crippen LogP contribution < -0.4 is 0 Å². The van der Waals surface area contributed by atoms with E-state index in [-0.39, 0.29) is 5.88 Å². The Bertz CT molecular complexity index is 855. The van der Waals surface area contributed by atoms with Crippen LogP contribution in [0.1, 0.15) is 11.1 Å². The van der Waals surface area contributed by atoms with Gasteiger partial charge in [-0.3, -0.25) is 4.99 Å². The van der Waals surface area contributed by atoms with E-state index in [1.54, 1.807) is 18.3 Å². The third-order valence-electron chi connectivity index (χ3n) is 3.27. The summed E-state index contributed by atoms with van der Waals surface area (Å²) in [6, 6.07) is 11.3. The summed E-state index contributed by atoms with van der Waals surface area (Å²) in [7, 11) is 0. The van der Waals surface area contributed by atoms with Gasteiger partial charge >= 0.3 is 0 Å². The van der Waals surface area contributed by atoms with Crippen molar-refractivity contribution in [2.24, 2.45) is 4.99 Å². The maximum absolute atomic E-state index is 10.0. The molecule has 2 N–H and O–H groups in total. The van der Waals surface area contributed by atoms with Crippen LogP contribution in [-0.4, -0.2) is 16.3 Å². The Hall–Kier alpha value is -1.78. The fraction of sp³-hybridized carbons (Fsp3) is 0.0625. The minimum Gasteiger partial charge on any atom is -0.494 e. The average Bonchev–Trinajstić information content (AvgIpc) is 2.72. The van der Waals surface area contributed by atoms with Crippen molar-refractivity contribution in [2.45, 2.75) is 6.92 Å². The van der Waals surface area contributed by atoms with Gasteiger partial charge in [0.05, 0.1) is 16.8 Å². The number of aromatic hydroxyl groups is 1. The molecule has 0 unspecified atom stereocenters. The molecule has 0 amide bonds. The van der Waals surface area contributed by atoms with Crippen LogP contribution >= 0.6 is 27.5 Å². The maximum Gasteiger partial charge on any atom is 0.198 e. The summed E-state index contributed by atoms with van der Waals surface area (Å²) >= 11 is 9.38. The number of H-pyrrole nitrogens is 1. The summed E-state index contributed by atoms with van der Waals surface area (Å²) in [6.45, 7) is 1.99. The molecule has 0 radical (unpaired) electrons. The van der Waals surface area contributed by atoms with E-state index in [0.717, 1.165) is 26.6 Å². The largest absolute Gasteiger partial charge is 0.494 e. The number of halogens is 2. The second kappa shape index (κ2) is 5.54. The molecule has 2 aromatic carbocycles. The monoisotopic (exact) mass is 362 g/mol. The van der Waals surface area contributed by atoms with Gasteiger partial charge in [0, 0.05) is 21.1 Å². The third-order valence-corrected chi connectivity index (χ3v) is 4.00. The lowest BCUT2D eigenvalue weighted by molar-refractivity contribution is 0.457. The van der Waals surface area contributed by atoms with Gasteiger partial charge in [-0.25, -0.2) is 0 Å². The molecule has 0 atom stereocenters. The number of hydrogen-bond donors (Lipinski definition) is 2. The molecule has 3 rings (SSSR count). The molecule has 5 heteroatoms. The van der Waals surface area contributed by atoms with Crippen LogP contribution in [0.5, 0.6) is 5.88 Å². The van der Waals surface area contributed by atoms with Crippen LogP contribution in [0.25, 0.3) is 10.9 Å². The van der Waals surface area contributed by atoms with Crippen molar-refractivity contribution in [2.75, 3.05) is 0 Å². The smallest absolute Gasteiger partial charge is 0.198 e. The van der Waals surface area contributed by atoms with E-state index in [1.807, 2.05) is 31.2 Å². The van der Waals surface area contributed by atoms with Crippen molar-refractivity contribution >= 4 is 50.3 Å². The molecule has 0 aliphatic carbocycles. The van der Waals surface area contributed by atoms with Crippen molar-refractivity contribution in [1.29, 1.82) is 0 Å². The third kappa shape index (κ3) is 2.82. The van der Waals surface area contributed by atoms with E-state index in [0.29, 0.717) is 10.6 Å². The molecule has 0 spiro atoms. The summed E-state index contributed by atoms with van der Waals surface area (Å²) in [5.74, 6) is 0.0887. The summed E-state index contributed by atoms with van der Waals surface area (Å²) in [5.41, 5.74) is 3.36. The molecule has 1 aromatic heterocycles. The van der Waals surface area contributed by atoms with Crippen molar-refractivity contribution < 1.29 is 5.11 Å². The van der Waals surface area contributed by atoms with Crippen molar-refractivity contribution in [3.63, 3.8) is 0 Å². The number of aromatic nitrogens is 1. The normalized spacial score (nSPS) is 11.6. The van der Waals surface area contributed by atoms with Crippen molar-refractivity contribution in [3.05, 3.63) is 57.0 Å². The van der Waals surface area contributed by atoms with Crippen LogP contribution in [0.4, 0.5) is 5.69 Å². The highest BCUT2D eigenvalue weighted by Gasteiger charge is 2.09. The Morgan fingerprint density at radius 3 is 2.81 bits per heavy atom. The summed E-state index contributed by atoms with van der Waals surface area (Å²) in [5, 5.41) is 11.5. The Morgan fingerprint density at radius 1 is 1.24 bits per heavy atom. The molecule has 21 heavy (non-hydrogen) atoms. The van der Waals surface area contributed by atoms with Crippen LogP contribution in [0, 0.1) is 6.92 Å². The van der Waals surface area contributed by atoms with E-state index in [1.165, 1.54) is 0 Å². The van der Waals surface area contributed by atoms with Gasteiger partial charge in [-0.15, -0.1) is 0 Å². The van der Waals surface area contributed by atoms with Gasteiger partial charge in [0.2, 0.25) is 0 Å². The van der Waals surface area contributed by atoms with Gasteiger partial charge in [-0.05, 0) is 42.8 Å². The van der Waals surface area contributed by atoms with Crippen LogP contribution in [0.2, 0.25) is 5.02 Å². The number of hydrogen-bond acceptors (Lipinski definition) is 2. The zero-order valence-electron chi connectivity index (χ0n) is 11.2. The first-order valence-corrected chi connectivity index (χ1v) is 7.52. The van der Waals surface area contributed by atoms with E-state index in [9.17, 15) is 5.11 Å². The Morgan fingerprint density at radius 2 is 2.05 bits per heavy atom. The minimum atomic E-state index is 0.0887. The van der Waals surface area contributed by atoms with E-state index < -0.39 is 0 Å². The molecule has 0 fully saturated rings. The second-order valence-corrected chi connectivity index (χ2v) is 6.12. The zero-order valence-corrected chi connectivity index (χ0v) is 13.5. The molecular formula is C16H12BrClN2O. The second-order valence-electron chi connectivity index (χ2n) is 4.77. The molecule has 0 saturated heterocycles. The van der Waals surface area contributed by atoms with Gasteiger partial charge < -0.3 is 10.1 Å². The predicted octanol–water partition coefficient (Wildman–Crippen LogP) is 5.35. The molecule has 0 aliphatic heterocycles. The van der Waals surface area contributed by atoms with Gasteiger partial charge in [0.1, 0.15) is 0 Å². The van der Waals surface area contributed by atoms with E-state index in [2.05, 4.69) is 25.9 Å².